The number of hydrogen-bond donors (Lipinski definition) is 1. The number of nitrogens with zero attached hydrogens (tertiary/aromatic N) is 3. The minimum atomic E-state index is -0.170. The fourth-order valence-corrected chi connectivity index (χ4v) is 3.80. The van der Waals surface area contributed by atoms with Crippen LogP contribution in [0.3, 0.4) is 0 Å². The van der Waals surface area contributed by atoms with Gasteiger partial charge in [0, 0.05) is 35.9 Å². The van der Waals surface area contributed by atoms with Crippen LogP contribution in [0.2, 0.25) is 0 Å². The molecule has 0 aliphatic rings. The molecule has 0 bridgehead atoms. The van der Waals surface area contributed by atoms with Gasteiger partial charge in [-0.3, -0.25) is 0 Å². The van der Waals surface area contributed by atoms with Crippen molar-refractivity contribution < 1.29 is 4.74 Å². The molecule has 0 radical (unpaired) electrons. The van der Waals surface area contributed by atoms with Crippen molar-refractivity contribution in [2.24, 2.45) is 7.05 Å². The zero-order chi connectivity index (χ0) is 18.6. The van der Waals surface area contributed by atoms with Crippen molar-refractivity contribution in [2.45, 2.75) is 6.04 Å². The van der Waals surface area contributed by atoms with E-state index in [1.165, 1.54) is 0 Å². The number of anilines is 1. The van der Waals surface area contributed by atoms with Gasteiger partial charge in [-0.1, -0.05) is 48.5 Å². The van der Waals surface area contributed by atoms with Crippen molar-refractivity contribution in [3.05, 3.63) is 83.8 Å². The Morgan fingerprint density at radius 3 is 2.59 bits per heavy atom. The molecular weight excluding hydrogens is 356 g/mol. The van der Waals surface area contributed by atoms with E-state index in [-0.39, 0.29) is 6.04 Å². The van der Waals surface area contributed by atoms with Gasteiger partial charge in [0.1, 0.15) is 17.6 Å². The maximum Gasteiger partial charge on any atom is 0.184 e. The van der Waals surface area contributed by atoms with E-state index in [1.54, 1.807) is 24.6 Å². The molecule has 27 heavy (non-hydrogen) atoms. The lowest BCUT2D eigenvalue weighted by Crippen LogP contribution is -2.17. The molecular formula is C21H20N4OS. The van der Waals surface area contributed by atoms with Crippen LogP contribution in [-0.2, 0) is 7.05 Å². The van der Waals surface area contributed by atoms with Crippen molar-refractivity contribution >= 4 is 16.5 Å². The van der Waals surface area contributed by atoms with Gasteiger partial charge in [-0.05, 0) is 6.07 Å². The van der Waals surface area contributed by atoms with E-state index in [2.05, 4.69) is 33.9 Å². The van der Waals surface area contributed by atoms with Crippen LogP contribution in [0.5, 0.6) is 5.75 Å². The molecule has 2 aromatic carbocycles. The van der Waals surface area contributed by atoms with Crippen LogP contribution < -0.4 is 10.1 Å². The first-order valence-corrected chi connectivity index (χ1v) is 9.52. The summed E-state index contributed by atoms with van der Waals surface area (Å²) in [6, 6.07) is 18.0. The highest BCUT2D eigenvalue weighted by atomic mass is 32.1. The predicted molar refractivity (Wildman–Crippen MR) is 109 cm³/mol. The smallest absolute Gasteiger partial charge is 0.184 e. The normalized spacial score (nSPS) is 11.9. The zero-order valence-corrected chi connectivity index (χ0v) is 16.0. The summed E-state index contributed by atoms with van der Waals surface area (Å²) >= 11 is 1.58. The van der Waals surface area contributed by atoms with Gasteiger partial charge in [-0.2, -0.15) is 0 Å². The molecule has 0 saturated heterocycles. The fraction of sp³-hybridized carbons (Fsp3) is 0.143. The molecule has 5 nitrogen and oxygen atoms in total. The molecule has 2 aromatic heterocycles. The van der Waals surface area contributed by atoms with Crippen molar-refractivity contribution in [1.29, 1.82) is 0 Å². The third-order valence-electron chi connectivity index (χ3n) is 4.41. The molecule has 4 aromatic rings. The highest BCUT2D eigenvalue weighted by Crippen LogP contribution is 2.34. The molecule has 1 atom stereocenters. The first-order chi connectivity index (χ1) is 13.3. The van der Waals surface area contributed by atoms with Crippen LogP contribution in [-0.4, -0.2) is 21.6 Å². The van der Waals surface area contributed by atoms with E-state index < -0.39 is 0 Å². The van der Waals surface area contributed by atoms with Crippen LogP contribution >= 0.6 is 11.3 Å². The average Bonchev–Trinajstić information content (AvgIpc) is 3.36. The zero-order valence-electron chi connectivity index (χ0n) is 15.2. The Morgan fingerprint density at radius 2 is 1.85 bits per heavy atom. The number of para-hydroxylation sites is 1. The summed E-state index contributed by atoms with van der Waals surface area (Å²) in [7, 11) is 3.68. The van der Waals surface area contributed by atoms with Crippen LogP contribution in [0.4, 0.5) is 5.13 Å². The van der Waals surface area contributed by atoms with Gasteiger partial charge in [0.25, 0.3) is 0 Å². The molecule has 0 amide bonds. The second kappa shape index (κ2) is 7.63. The quantitative estimate of drug-likeness (QED) is 0.527. The number of thiazole rings is 1. The fourth-order valence-electron chi connectivity index (χ4n) is 3.05. The first kappa shape index (κ1) is 17.3. The van der Waals surface area contributed by atoms with Gasteiger partial charge in [0.05, 0.1) is 12.8 Å². The van der Waals surface area contributed by atoms with Gasteiger partial charge < -0.3 is 14.6 Å². The van der Waals surface area contributed by atoms with Crippen molar-refractivity contribution in [2.75, 3.05) is 12.4 Å². The van der Waals surface area contributed by atoms with Crippen molar-refractivity contribution in [3.8, 4) is 17.0 Å². The molecule has 136 valence electrons. The third-order valence-corrected chi connectivity index (χ3v) is 5.18. The molecule has 0 fully saturated rings. The largest absolute Gasteiger partial charge is 0.496 e. The first-order valence-electron chi connectivity index (χ1n) is 8.64. The molecule has 4 rings (SSSR count). The SMILES string of the molecule is COc1ccccc1C(Nc1nc(-c2ccccc2)cs1)c1nccn1C. The van der Waals surface area contributed by atoms with Crippen LogP contribution in [0.1, 0.15) is 17.4 Å². The molecule has 0 saturated carbocycles. The molecule has 1 unspecified atom stereocenters. The molecule has 6 heteroatoms. The summed E-state index contributed by atoms with van der Waals surface area (Å²) in [5, 5.41) is 6.45. The van der Waals surface area contributed by atoms with Crippen molar-refractivity contribution in [1.82, 2.24) is 14.5 Å². The Labute approximate surface area is 162 Å². The molecule has 0 aliphatic carbocycles. The number of aromatic nitrogens is 3. The Bertz CT molecular complexity index is 1030. The van der Waals surface area contributed by atoms with E-state index in [9.17, 15) is 0 Å². The van der Waals surface area contributed by atoms with Crippen LogP contribution in [0.25, 0.3) is 11.3 Å². The Balaban J connectivity index is 1.71. The third kappa shape index (κ3) is 3.57. The molecule has 0 spiro atoms. The Morgan fingerprint density at radius 1 is 1.07 bits per heavy atom. The number of methoxy groups -OCH3 is 1. The maximum absolute atomic E-state index is 5.58. The number of hydrogen-bond acceptors (Lipinski definition) is 5. The van der Waals surface area contributed by atoms with Gasteiger partial charge in [-0.25, -0.2) is 9.97 Å². The highest BCUT2D eigenvalue weighted by molar-refractivity contribution is 7.14. The van der Waals surface area contributed by atoms with E-state index in [0.717, 1.165) is 33.5 Å². The summed E-state index contributed by atoms with van der Waals surface area (Å²) in [6.07, 6.45) is 3.74. The predicted octanol–water partition coefficient (Wildman–Crippen LogP) is 4.75. The molecule has 2 heterocycles. The van der Waals surface area contributed by atoms with E-state index in [0.29, 0.717) is 0 Å². The van der Waals surface area contributed by atoms with E-state index in [1.807, 2.05) is 54.2 Å². The van der Waals surface area contributed by atoms with E-state index >= 15 is 0 Å². The summed E-state index contributed by atoms with van der Waals surface area (Å²) in [4.78, 5) is 9.32. The van der Waals surface area contributed by atoms with Crippen LogP contribution in [0, 0.1) is 0 Å². The van der Waals surface area contributed by atoms with Crippen molar-refractivity contribution in [3.63, 3.8) is 0 Å². The highest BCUT2D eigenvalue weighted by Gasteiger charge is 2.23. The summed E-state index contributed by atoms with van der Waals surface area (Å²) in [5.41, 5.74) is 3.08. The second-order valence-corrected chi connectivity index (χ2v) is 6.98. The standard InChI is InChI=1S/C21H20N4OS/c1-25-13-12-22-20(25)19(16-10-6-7-11-18(16)26-2)24-21-23-17(14-27-21)15-8-4-3-5-9-15/h3-14,19H,1-2H3,(H,23,24). The summed E-state index contributed by atoms with van der Waals surface area (Å²) in [5.74, 6) is 1.72. The van der Waals surface area contributed by atoms with Gasteiger partial charge in [-0.15, -0.1) is 11.3 Å². The number of benzene rings is 2. The van der Waals surface area contributed by atoms with E-state index in [4.69, 9.17) is 9.72 Å². The van der Waals surface area contributed by atoms with Gasteiger partial charge in [0.15, 0.2) is 5.13 Å². The lowest BCUT2D eigenvalue weighted by Gasteiger charge is -2.20. The Hall–Kier alpha value is -3.12. The molecule has 1 N–H and O–H groups in total. The molecule has 0 aliphatic heterocycles. The number of aryl methyl sites for hydroxylation is 1. The van der Waals surface area contributed by atoms with Gasteiger partial charge >= 0.3 is 0 Å². The minimum absolute atomic E-state index is 0.170. The Kier molecular flexibility index (Phi) is 4.89. The average molecular weight is 376 g/mol. The summed E-state index contributed by atoms with van der Waals surface area (Å²) < 4.78 is 7.59. The lowest BCUT2D eigenvalue weighted by molar-refractivity contribution is 0.408. The van der Waals surface area contributed by atoms with Gasteiger partial charge in [0.2, 0.25) is 0 Å². The lowest BCUT2D eigenvalue weighted by atomic mass is 10.1. The number of rotatable bonds is 6. The number of ether oxygens (including phenoxy) is 1. The minimum Gasteiger partial charge on any atom is -0.496 e. The monoisotopic (exact) mass is 376 g/mol. The number of nitrogens with one attached hydrogen (secondary N) is 1. The maximum atomic E-state index is 5.58. The van der Waals surface area contributed by atoms with Crippen LogP contribution in [0.15, 0.2) is 72.4 Å². The second-order valence-electron chi connectivity index (χ2n) is 6.12. The topological polar surface area (TPSA) is 52.0 Å². The number of imidazole rings is 1. The summed E-state index contributed by atoms with van der Waals surface area (Å²) in [6.45, 7) is 0.